The van der Waals surface area contributed by atoms with Gasteiger partial charge in [0, 0.05) is 24.0 Å². The summed E-state index contributed by atoms with van der Waals surface area (Å²) in [5.41, 5.74) is 5.90. The Labute approximate surface area is 160 Å². The molecule has 0 aromatic heterocycles. The summed E-state index contributed by atoms with van der Waals surface area (Å²) >= 11 is 0. The van der Waals surface area contributed by atoms with Gasteiger partial charge in [-0.25, -0.2) is 0 Å². The molecule has 0 saturated carbocycles. The van der Waals surface area contributed by atoms with E-state index in [9.17, 15) is 10.2 Å². The predicted octanol–water partition coefficient (Wildman–Crippen LogP) is 0.779. The fraction of sp³-hybridized carbons (Fsp3) is 0.400. The van der Waals surface area contributed by atoms with Crippen LogP contribution in [-0.4, -0.2) is 34.8 Å². The lowest BCUT2D eigenvalue weighted by molar-refractivity contribution is -0.941. The Kier molecular flexibility index (Phi) is 4.55. The quantitative estimate of drug-likeness (QED) is 0.414. The molecule has 0 spiro atoms. The van der Waals surface area contributed by atoms with Crippen LogP contribution in [0.15, 0.2) is 30.3 Å². The van der Waals surface area contributed by atoms with Gasteiger partial charge in [0.15, 0.2) is 11.5 Å². The second-order valence-corrected chi connectivity index (χ2v) is 7.24. The SMILES string of the molecule is CCC[N+]1(C)CCc2cccc3c2[C@H]1Cc1ccc(O)c(O)c1-3.[I-]. The van der Waals surface area contributed by atoms with Crippen LogP contribution in [0.3, 0.4) is 0 Å². The lowest BCUT2D eigenvalue weighted by Gasteiger charge is -2.48. The maximum Gasteiger partial charge on any atom is 0.165 e. The summed E-state index contributed by atoms with van der Waals surface area (Å²) in [6.07, 6.45) is 3.20. The number of phenolic OH excluding ortho intramolecular Hbond substituents is 2. The number of quaternary nitrogens is 1. The summed E-state index contributed by atoms with van der Waals surface area (Å²) in [5.74, 6) is 0.00559. The number of fused-ring (bicyclic) bond motifs is 2. The van der Waals surface area contributed by atoms with E-state index in [-0.39, 0.29) is 35.5 Å². The topological polar surface area (TPSA) is 40.5 Å². The summed E-state index contributed by atoms with van der Waals surface area (Å²) in [5, 5.41) is 20.4. The van der Waals surface area contributed by atoms with Crippen molar-refractivity contribution in [1.29, 1.82) is 0 Å². The summed E-state index contributed by atoms with van der Waals surface area (Å²) in [7, 11) is 2.37. The Balaban J connectivity index is 0.00000169. The molecule has 4 rings (SSSR count). The zero-order chi connectivity index (χ0) is 16.2. The van der Waals surface area contributed by atoms with Gasteiger partial charge in [-0.3, -0.25) is 0 Å². The molecule has 1 aliphatic carbocycles. The van der Waals surface area contributed by atoms with Crippen molar-refractivity contribution in [2.75, 3.05) is 20.1 Å². The predicted molar refractivity (Wildman–Crippen MR) is 91.6 cm³/mol. The van der Waals surface area contributed by atoms with Crippen molar-refractivity contribution in [3.05, 3.63) is 47.0 Å². The Hall–Kier alpha value is -1.27. The van der Waals surface area contributed by atoms with E-state index in [0.29, 0.717) is 6.04 Å². The minimum atomic E-state index is -0.0265. The van der Waals surface area contributed by atoms with Crippen molar-refractivity contribution in [2.45, 2.75) is 32.2 Å². The van der Waals surface area contributed by atoms with Crippen molar-refractivity contribution in [3.63, 3.8) is 0 Å². The minimum absolute atomic E-state index is 0. The van der Waals surface area contributed by atoms with Gasteiger partial charge in [0.25, 0.3) is 0 Å². The molecule has 0 bridgehead atoms. The number of hydrogen-bond donors (Lipinski definition) is 2. The number of aromatic hydroxyl groups is 2. The smallest absolute Gasteiger partial charge is 0.165 e. The summed E-state index contributed by atoms with van der Waals surface area (Å²) in [4.78, 5) is 0. The van der Waals surface area contributed by atoms with Gasteiger partial charge in [-0.15, -0.1) is 0 Å². The molecule has 0 radical (unpaired) electrons. The molecule has 1 unspecified atom stereocenters. The molecule has 1 aliphatic heterocycles. The van der Waals surface area contributed by atoms with Gasteiger partial charge in [-0.1, -0.05) is 31.2 Å². The lowest BCUT2D eigenvalue weighted by atomic mass is 9.75. The van der Waals surface area contributed by atoms with E-state index in [1.54, 1.807) is 6.07 Å². The van der Waals surface area contributed by atoms with Crippen LogP contribution in [0.4, 0.5) is 0 Å². The molecular weight excluding hydrogens is 413 g/mol. The summed E-state index contributed by atoms with van der Waals surface area (Å²) < 4.78 is 1.07. The van der Waals surface area contributed by atoms with Crippen molar-refractivity contribution < 1.29 is 38.7 Å². The highest BCUT2D eigenvalue weighted by atomic mass is 127. The van der Waals surface area contributed by atoms with Gasteiger partial charge in [-0.05, 0) is 29.2 Å². The standard InChI is InChI=1S/C20H23NO2.HI/c1-3-10-21(2)11-9-13-5-4-6-15-18(13)16(21)12-14-7-8-17(22)20(23)19(14)15;/h4-8,16H,3,9-12H2,1-2H3,(H-,22,23);1H/t16-,21?;/m1./s1. The fourth-order valence-electron chi connectivity index (χ4n) is 4.69. The molecule has 1 heterocycles. The molecule has 2 aromatic carbocycles. The molecule has 2 atom stereocenters. The first kappa shape index (κ1) is 17.5. The second kappa shape index (κ2) is 6.23. The average Bonchev–Trinajstić information content (AvgIpc) is 2.55. The minimum Gasteiger partial charge on any atom is -1.00 e. The van der Waals surface area contributed by atoms with Crippen molar-refractivity contribution >= 4 is 0 Å². The van der Waals surface area contributed by atoms with Gasteiger partial charge < -0.3 is 38.7 Å². The van der Waals surface area contributed by atoms with Gasteiger partial charge in [0.05, 0.1) is 20.1 Å². The first-order valence-electron chi connectivity index (χ1n) is 8.55. The highest BCUT2D eigenvalue weighted by molar-refractivity contribution is 5.82. The number of likely N-dealkylation sites (N-methyl/N-ethyl adjacent to an activating group) is 1. The maximum absolute atomic E-state index is 10.4. The highest BCUT2D eigenvalue weighted by Crippen LogP contribution is 2.51. The molecule has 2 aromatic rings. The average molecular weight is 437 g/mol. The molecular formula is C20H24INO2. The second-order valence-electron chi connectivity index (χ2n) is 7.24. The van der Waals surface area contributed by atoms with Crippen LogP contribution < -0.4 is 24.0 Å². The Morgan fingerprint density at radius 1 is 1.12 bits per heavy atom. The molecule has 3 nitrogen and oxygen atoms in total. The molecule has 2 N–H and O–H groups in total. The zero-order valence-electron chi connectivity index (χ0n) is 14.2. The third-order valence-electron chi connectivity index (χ3n) is 5.83. The number of nitrogens with zero attached hydrogens (tertiary/aromatic N) is 1. The third-order valence-corrected chi connectivity index (χ3v) is 5.83. The summed E-state index contributed by atoms with van der Waals surface area (Å²) in [6, 6.07) is 10.5. The van der Waals surface area contributed by atoms with Gasteiger partial charge >= 0.3 is 0 Å². The first-order chi connectivity index (χ1) is 11.0. The van der Waals surface area contributed by atoms with E-state index in [4.69, 9.17) is 0 Å². The maximum atomic E-state index is 10.4. The van der Waals surface area contributed by atoms with Crippen LogP contribution in [-0.2, 0) is 12.8 Å². The van der Waals surface area contributed by atoms with Crippen LogP contribution in [0.5, 0.6) is 11.5 Å². The van der Waals surface area contributed by atoms with E-state index in [0.717, 1.165) is 34.0 Å². The Bertz CT molecular complexity index is 789. The fourth-order valence-corrected chi connectivity index (χ4v) is 4.69. The van der Waals surface area contributed by atoms with E-state index in [2.05, 4.69) is 32.2 Å². The van der Waals surface area contributed by atoms with Crippen LogP contribution in [0.25, 0.3) is 11.1 Å². The summed E-state index contributed by atoms with van der Waals surface area (Å²) in [6.45, 7) is 4.61. The molecule has 0 saturated heterocycles. The van der Waals surface area contributed by atoms with Crippen molar-refractivity contribution in [2.24, 2.45) is 0 Å². The molecule has 0 amide bonds. The van der Waals surface area contributed by atoms with Gasteiger partial charge in [0.2, 0.25) is 0 Å². The number of rotatable bonds is 2. The Morgan fingerprint density at radius 3 is 2.67 bits per heavy atom. The molecule has 2 aliphatic rings. The van der Waals surface area contributed by atoms with Crippen molar-refractivity contribution in [3.8, 4) is 22.6 Å². The monoisotopic (exact) mass is 437 g/mol. The Morgan fingerprint density at radius 2 is 1.92 bits per heavy atom. The first-order valence-corrected chi connectivity index (χ1v) is 8.55. The van der Waals surface area contributed by atoms with Crippen LogP contribution in [0.1, 0.15) is 36.1 Å². The lowest BCUT2D eigenvalue weighted by Crippen LogP contribution is -3.00. The largest absolute Gasteiger partial charge is 1.00 e. The number of hydrogen-bond acceptors (Lipinski definition) is 2. The van der Waals surface area contributed by atoms with Crippen LogP contribution in [0, 0.1) is 0 Å². The number of halogens is 1. The molecule has 4 heteroatoms. The molecule has 0 fully saturated rings. The van der Waals surface area contributed by atoms with E-state index in [1.165, 1.54) is 30.6 Å². The van der Waals surface area contributed by atoms with E-state index >= 15 is 0 Å². The zero-order valence-corrected chi connectivity index (χ0v) is 16.4. The van der Waals surface area contributed by atoms with Crippen LogP contribution >= 0.6 is 0 Å². The van der Waals surface area contributed by atoms with E-state index in [1.807, 2.05) is 6.07 Å². The number of phenols is 2. The van der Waals surface area contributed by atoms with Gasteiger partial charge in [0.1, 0.15) is 6.04 Å². The van der Waals surface area contributed by atoms with E-state index < -0.39 is 0 Å². The normalized spacial score (nSPS) is 23.8. The highest BCUT2D eigenvalue weighted by Gasteiger charge is 2.43. The van der Waals surface area contributed by atoms with Crippen molar-refractivity contribution in [1.82, 2.24) is 0 Å². The van der Waals surface area contributed by atoms with Gasteiger partial charge in [-0.2, -0.15) is 0 Å². The van der Waals surface area contributed by atoms with Crippen LogP contribution in [0.2, 0.25) is 0 Å². The molecule has 128 valence electrons. The third kappa shape index (κ3) is 2.42. The molecule has 24 heavy (non-hydrogen) atoms. The number of benzene rings is 2.